The van der Waals surface area contributed by atoms with Gasteiger partial charge in [-0.1, -0.05) is 42.8 Å². The molecule has 3 N–H and O–H groups in total. The van der Waals surface area contributed by atoms with Crippen molar-refractivity contribution in [1.82, 2.24) is 14.9 Å². The molecule has 0 saturated carbocycles. The Labute approximate surface area is 218 Å². The number of halogens is 1. The van der Waals surface area contributed by atoms with Crippen LogP contribution in [0.5, 0.6) is 5.75 Å². The number of hydrogen-bond acceptors (Lipinski definition) is 4. The molecule has 0 spiro atoms. The summed E-state index contributed by atoms with van der Waals surface area (Å²) in [4.78, 5) is 29.1. The van der Waals surface area contributed by atoms with Crippen molar-refractivity contribution in [1.29, 1.82) is 0 Å². The Balaban J connectivity index is 1.73. The minimum Gasteiger partial charge on any atom is -0.489 e. The van der Waals surface area contributed by atoms with Gasteiger partial charge in [0.1, 0.15) is 11.6 Å². The van der Waals surface area contributed by atoms with Crippen LogP contribution in [-0.2, 0) is 24.2 Å². The lowest BCUT2D eigenvalue weighted by molar-refractivity contribution is -0.118. The number of amides is 2. The lowest BCUT2D eigenvalue weighted by atomic mass is 9.99. The maximum Gasteiger partial charge on any atom is 0.251 e. The van der Waals surface area contributed by atoms with Crippen LogP contribution in [0.1, 0.15) is 62.3 Å². The predicted octanol–water partition coefficient (Wildman–Crippen LogP) is 5.18. The van der Waals surface area contributed by atoms with E-state index in [0.29, 0.717) is 29.2 Å². The number of benzene rings is 2. The molecule has 192 valence electrons. The van der Waals surface area contributed by atoms with Crippen molar-refractivity contribution in [2.24, 2.45) is 5.73 Å². The van der Waals surface area contributed by atoms with E-state index in [1.54, 1.807) is 18.2 Å². The van der Waals surface area contributed by atoms with E-state index in [1.807, 2.05) is 38.1 Å². The Morgan fingerprint density at radius 2 is 1.86 bits per heavy atom. The molecule has 0 unspecified atom stereocenters. The molecule has 36 heavy (non-hydrogen) atoms. The molecule has 3 rings (SSSR count). The topological polar surface area (TPSA) is 99.2 Å². The van der Waals surface area contributed by atoms with Crippen LogP contribution in [0.3, 0.4) is 0 Å². The quantitative estimate of drug-likeness (QED) is 0.350. The highest BCUT2D eigenvalue weighted by Gasteiger charge is 2.17. The highest BCUT2D eigenvalue weighted by molar-refractivity contribution is 6.32. The summed E-state index contributed by atoms with van der Waals surface area (Å²) in [5.41, 5.74) is 8.83. The summed E-state index contributed by atoms with van der Waals surface area (Å²) in [6.07, 6.45) is 4.11. The number of ether oxygens (including phenoxy) is 1. The van der Waals surface area contributed by atoms with Crippen LogP contribution in [0.25, 0.3) is 11.3 Å². The highest BCUT2D eigenvalue weighted by atomic mass is 35.5. The van der Waals surface area contributed by atoms with Crippen molar-refractivity contribution in [2.75, 3.05) is 0 Å². The van der Waals surface area contributed by atoms with Crippen molar-refractivity contribution in [3.63, 3.8) is 0 Å². The number of carbonyl (C=O) groups excluding carboxylic acids is 2. The monoisotopic (exact) mass is 510 g/mol. The van der Waals surface area contributed by atoms with E-state index < -0.39 is 5.91 Å². The van der Waals surface area contributed by atoms with Gasteiger partial charge in [0.2, 0.25) is 5.91 Å². The zero-order chi connectivity index (χ0) is 26.2. The Morgan fingerprint density at radius 3 is 2.42 bits per heavy atom. The molecule has 0 saturated heterocycles. The third-order valence-electron chi connectivity index (χ3n) is 5.88. The minimum atomic E-state index is -0.402. The number of aromatic nitrogens is 2. The van der Waals surface area contributed by atoms with Gasteiger partial charge in [0.15, 0.2) is 0 Å². The maximum atomic E-state index is 13.0. The summed E-state index contributed by atoms with van der Waals surface area (Å²) in [6, 6.07) is 12.8. The van der Waals surface area contributed by atoms with Crippen molar-refractivity contribution < 1.29 is 14.3 Å². The lowest BCUT2D eigenvalue weighted by Gasteiger charge is -2.19. The smallest absolute Gasteiger partial charge is 0.251 e. The SMILES string of the molecule is CCc1nc(-c2ccc(C[C@@H](CCC(N)=O)NC(=O)c3ccc(OC(C)C)c(Cl)c3)cc2)cn1CC. The van der Waals surface area contributed by atoms with Gasteiger partial charge in [-0.05, 0) is 57.4 Å². The van der Waals surface area contributed by atoms with E-state index in [-0.39, 0.29) is 24.5 Å². The molecule has 7 nitrogen and oxygen atoms in total. The van der Waals surface area contributed by atoms with Crippen molar-refractivity contribution in [3.05, 3.63) is 70.6 Å². The molecule has 0 aliphatic rings. The van der Waals surface area contributed by atoms with Crippen molar-refractivity contribution >= 4 is 23.4 Å². The lowest BCUT2D eigenvalue weighted by Crippen LogP contribution is -2.37. The van der Waals surface area contributed by atoms with Gasteiger partial charge in [-0.25, -0.2) is 4.98 Å². The minimum absolute atomic E-state index is 0.0252. The molecule has 0 fully saturated rings. The number of nitrogens with two attached hydrogens (primary N) is 1. The van der Waals surface area contributed by atoms with Crippen LogP contribution < -0.4 is 15.8 Å². The predicted molar refractivity (Wildman–Crippen MR) is 143 cm³/mol. The molecule has 3 aromatic rings. The standard InChI is InChI=1S/C28H35ClN4O3/c1-5-27-32-24(17-33(27)6-2)20-9-7-19(8-10-20)15-22(12-14-26(30)34)31-28(35)21-11-13-25(23(29)16-21)36-18(3)4/h7-11,13,16-18,22H,5-6,12,14-15H2,1-4H3,(H2,30,34)(H,31,35)/t22-/m1/s1. The normalized spacial score (nSPS) is 11.9. The van der Waals surface area contributed by atoms with E-state index in [1.165, 1.54) is 0 Å². The molecule has 1 atom stereocenters. The molecule has 2 aromatic carbocycles. The molecule has 0 aliphatic carbocycles. The number of nitrogens with zero attached hydrogens (tertiary/aromatic N) is 2. The fourth-order valence-corrected chi connectivity index (χ4v) is 4.27. The van der Waals surface area contributed by atoms with E-state index >= 15 is 0 Å². The van der Waals surface area contributed by atoms with Gasteiger partial charge >= 0.3 is 0 Å². The number of hydrogen-bond donors (Lipinski definition) is 2. The Hall–Kier alpha value is -3.32. The summed E-state index contributed by atoms with van der Waals surface area (Å²) in [5.74, 6) is 0.926. The van der Waals surface area contributed by atoms with E-state index in [9.17, 15) is 9.59 Å². The third kappa shape index (κ3) is 7.34. The molecule has 0 bridgehead atoms. The van der Waals surface area contributed by atoms with Gasteiger partial charge in [0, 0.05) is 42.8 Å². The van der Waals surface area contributed by atoms with E-state index in [0.717, 1.165) is 35.6 Å². The van der Waals surface area contributed by atoms with Crippen LogP contribution in [0.15, 0.2) is 48.7 Å². The number of primary amides is 1. The Bertz CT molecular complexity index is 1170. The van der Waals surface area contributed by atoms with E-state index in [2.05, 4.69) is 29.9 Å². The largest absolute Gasteiger partial charge is 0.489 e. The Morgan fingerprint density at radius 1 is 1.14 bits per heavy atom. The number of rotatable bonds is 12. The molecule has 0 radical (unpaired) electrons. The van der Waals surface area contributed by atoms with E-state index in [4.69, 9.17) is 27.1 Å². The number of imidazole rings is 1. The number of carbonyl (C=O) groups is 2. The first-order valence-corrected chi connectivity index (χ1v) is 12.8. The van der Waals surface area contributed by atoms with Crippen LogP contribution in [0.2, 0.25) is 5.02 Å². The molecule has 1 heterocycles. The van der Waals surface area contributed by atoms with Gasteiger partial charge in [0.25, 0.3) is 5.91 Å². The fraction of sp³-hybridized carbons (Fsp3) is 0.393. The average molecular weight is 511 g/mol. The van der Waals surface area contributed by atoms with Crippen LogP contribution in [-0.4, -0.2) is 33.5 Å². The van der Waals surface area contributed by atoms with Gasteiger partial charge in [-0.15, -0.1) is 0 Å². The molecule has 2 amide bonds. The second-order valence-corrected chi connectivity index (χ2v) is 9.48. The molecular weight excluding hydrogens is 476 g/mol. The zero-order valence-electron chi connectivity index (χ0n) is 21.4. The molecule has 0 aliphatic heterocycles. The first kappa shape index (κ1) is 27.3. The van der Waals surface area contributed by atoms with Crippen LogP contribution in [0.4, 0.5) is 0 Å². The molecule has 1 aromatic heterocycles. The Kier molecular flexibility index (Phi) is 9.53. The first-order valence-electron chi connectivity index (χ1n) is 12.4. The molecular formula is C28H35ClN4O3. The van der Waals surface area contributed by atoms with Crippen LogP contribution >= 0.6 is 11.6 Å². The maximum absolute atomic E-state index is 13.0. The van der Waals surface area contributed by atoms with Gasteiger partial charge < -0.3 is 20.4 Å². The van der Waals surface area contributed by atoms with Gasteiger partial charge in [-0.2, -0.15) is 0 Å². The third-order valence-corrected chi connectivity index (χ3v) is 6.17. The van der Waals surface area contributed by atoms with Gasteiger partial charge in [0.05, 0.1) is 16.8 Å². The van der Waals surface area contributed by atoms with Crippen molar-refractivity contribution in [3.8, 4) is 17.0 Å². The highest BCUT2D eigenvalue weighted by Crippen LogP contribution is 2.27. The first-order chi connectivity index (χ1) is 17.2. The summed E-state index contributed by atoms with van der Waals surface area (Å²) in [6.45, 7) is 8.91. The second kappa shape index (κ2) is 12.6. The van der Waals surface area contributed by atoms with Crippen LogP contribution in [0, 0.1) is 0 Å². The van der Waals surface area contributed by atoms with Crippen molar-refractivity contribution in [2.45, 2.75) is 72.1 Å². The zero-order valence-corrected chi connectivity index (χ0v) is 22.1. The fourth-order valence-electron chi connectivity index (χ4n) is 4.05. The van der Waals surface area contributed by atoms with Gasteiger partial charge in [-0.3, -0.25) is 9.59 Å². The summed E-state index contributed by atoms with van der Waals surface area (Å²) >= 11 is 6.31. The second-order valence-electron chi connectivity index (χ2n) is 9.07. The number of aryl methyl sites for hydroxylation is 2. The molecule has 8 heteroatoms. The average Bonchev–Trinajstić information content (AvgIpc) is 3.27. The summed E-state index contributed by atoms with van der Waals surface area (Å²) in [7, 11) is 0. The number of nitrogens with one attached hydrogen (secondary N) is 1. The summed E-state index contributed by atoms with van der Waals surface area (Å²) < 4.78 is 7.81. The summed E-state index contributed by atoms with van der Waals surface area (Å²) in [5, 5.41) is 3.41.